The number of hydrogen-bond acceptors (Lipinski definition) is 3. The van der Waals surface area contributed by atoms with E-state index in [0.717, 1.165) is 5.56 Å². The number of aliphatic hydroxyl groups excluding tert-OH is 1. The van der Waals surface area contributed by atoms with E-state index in [1.807, 2.05) is 6.07 Å². The van der Waals surface area contributed by atoms with Crippen molar-refractivity contribution in [1.29, 1.82) is 0 Å². The van der Waals surface area contributed by atoms with E-state index in [0.29, 0.717) is 18.5 Å². The molecule has 4 heteroatoms. The molecule has 1 aromatic rings. The Morgan fingerprint density at radius 2 is 2.38 bits per heavy atom. The Morgan fingerprint density at radius 3 is 3.00 bits per heavy atom. The summed E-state index contributed by atoms with van der Waals surface area (Å²) in [4.78, 5) is 14.4. The van der Waals surface area contributed by atoms with Crippen LogP contribution in [0.5, 0.6) is 0 Å². The van der Waals surface area contributed by atoms with E-state index in [1.165, 1.54) is 0 Å². The number of aromatic nitrogens is 1. The van der Waals surface area contributed by atoms with Crippen LogP contribution in [0.4, 0.5) is 0 Å². The van der Waals surface area contributed by atoms with Gasteiger partial charge in [0.2, 0.25) is 5.91 Å². The molecular weight excluding hydrogens is 168 g/mol. The molecule has 0 atom stereocenters. The Bertz CT molecular complexity index is 299. The van der Waals surface area contributed by atoms with Gasteiger partial charge in [0.15, 0.2) is 0 Å². The summed E-state index contributed by atoms with van der Waals surface area (Å²) in [6, 6.07) is 3.57. The SMILES string of the molecule is NC(=O)CCc1ccnc(CO)c1. The lowest BCUT2D eigenvalue weighted by Crippen LogP contribution is -2.11. The maximum atomic E-state index is 10.5. The molecule has 0 saturated carbocycles. The fourth-order valence-electron chi connectivity index (χ4n) is 1.04. The lowest BCUT2D eigenvalue weighted by atomic mass is 10.1. The fourth-order valence-corrected chi connectivity index (χ4v) is 1.04. The zero-order chi connectivity index (χ0) is 9.68. The zero-order valence-electron chi connectivity index (χ0n) is 7.23. The van der Waals surface area contributed by atoms with Crippen molar-refractivity contribution in [2.75, 3.05) is 0 Å². The Kier molecular flexibility index (Phi) is 3.40. The number of aliphatic hydroxyl groups is 1. The highest BCUT2D eigenvalue weighted by atomic mass is 16.3. The van der Waals surface area contributed by atoms with Crippen LogP contribution < -0.4 is 5.73 Å². The highest BCUT2D eigenvalue weighted by Gasteiger charge is 1.98. The molecule has 0 aromatic carbocycles. The highest BCUT2D eigenvalue weighted by molar-refractivity contribution is 5.73. The number of primary amides is 1. The second-order valence-electron chi connectivity index (χ2n) is 2.78. The predicted molar refractivity (Wildman–Crippen MR) is 47.7 cm³/mol. The van der Waals surface area contributed by atoms with Crippen LogP contribution >= 0.6 is 0 Å². The van der Waals surface area contributed by atoms with Gasteiger partial charge in [-0.3, -0.25) is 9.78 Å². The molecule has 0 spiro atoms. The largest absolute Gasteiger partial charge is 0.390 e. The fraction of sp³-hybridized carbons (Fsp3) is 0.333. The molecule has 3 N–H and O–H groups in total. The third kappa shape index (κ3) is 3.21. The number of nitrogens with two attached hydrogens (primary N) is 1. The van der Waals surface area contributed by atoms with E-state index in [9.17, 15) is 4.79 Å². The summed E-state index contributed by atoms with van der Waals surface area (Å²) in [5.41, 5.74) is 6.59. The molecule has 0 radical (unpaired) electrons. The number of amides is 1. The first-order chi connectivity index (χ1) is 6.22. The number of pyridine rings is 1. The van der Waals surface area contributed by atoms with Crippen LogP contribution in [0.15, 0.2) is 18.3 Å². The van der Waals surface area contributed by atoms with Crippen LogP contribution in [0.2, 0.25) is 0 Å². The van der Waals surface area contributed by atoms with E-state index in [4.69, 9.17) is 10.8 Å². The van der Waals surface area contributed by atoms with E-state index >= 15 is 0 Å². The minimum atomic E-state index is -0.317. The average Bonchev–Trinajstić information content (AvgIpc) is 2.15. The summed E-state index contributed by atoms with van der Waals surface area (Å²) in [5, 5.41) is 8.79. The number of nitrogens with zero attached hydrogens (tertiary/aromatic N) is 1. The maximum Gasteiger partial charge on any atom is 0.217 e. The van der Waals surface area contributed by atoms with Crippen molar-refractivity contribution < 1.29 is 9.90 Å². The van der Waals surface area contributed by atoms with Crippen molar-refractivity contribution in [3.05, 3.63) is 29.6 Å². The minimum absolute atomic E-state index is 0.0790. The molecule has 0 unspecified atom stereocenters. The first kappa shape index (κ1) is 9.67. The van der Waals surface area contributed by atoms with Gasteiger partial charge >= 0.3 is 0 Å². The summed E-state index contributed by atoms with van der Waals surface area (Å²) in [5.74, 6) is -0.317. The van der Waals surface area contributed by atoms with E-state index in [2.05, 4.69) is 4.98 Å². The van der Waals surface area contributed by atoms with Gasteiger partial charge in [-0.15, -0.1) is 0 Å². The van der Waals surface area contributed by atoms with Gasteiger partial charge in [0.05, 0.1) is 12.3 Å². The van der Waals surface area contributed by atoms with Crippen LogP contribution in [0.1, 0.15) is 17.7 Å². The smallest absolute Gasteiger partial charge is 0.217 e. The average molecular weight is 180 g/mol. The number of carbonyl (C=O) groups is 1. The lowest BCUT2D eigenvalue weighted by Gasteiger charge is -2.00. The normalized spacial score (nSPS) is 9.92. The molecule has 13 heavy (non-hydrogen) atoms. The Labute approximate surface area is 76.4 Å². The molecule has 0 saturated heterocycles. The Morgan fingerprint density at radius 1 is 1.62 bits per heavy atom. The molecule has 1 rings (SSSR count). The van der Waals surface area contributed by atoms with Gasteiger partial charge in [0, 0.05) is 12.6 Å². The quantitative estimate of drug-likeness (QED) is 0.684. The minimum Gasteiger partial charge on any atom is -0.390 e. The van der Waals surface area contributed by atoms with Gasteiger partial charge in [-0.25, -0.2) is 0 Å². The zero-order valence-corrected chi connectivity index (χ0v) is 7.23. The summed E-state index contributed by atoms with van der Waals surface area (Å²) in [7, 11) is 0. The van der Waals surface area contributed by atoms with Gasteiger partial charge in [-0.1, -0.05) is 0 Å². The molecule has 4 nitrogen and oxygen atoms in total. The summed E-state index contributed by atoms with van der Waals surface area (Å²) in [6.45, 7) is -0.0790. The number of hydrogen-bond donors (Lipinski definition) is 2. The second kappa shape index (κ2) is 4.57. The Balaban J connectivity index is 2.61. The molecule has 0 bridgehead atoms. The van der Waals surface area contributed by atoms with Gasteiger partial charge in [0.25, 0.3) is 0 Å². The van der Waals surface area contributed by atoms with Gasteiger partial charge < -0.3 is 10.8 Å². The standard InChI is InChI=1S/C9H12N2O2/c10-9(13)2-1-7-3-4-11-8(5-7)6-12/h3-5,12H,1-2,6H2,(H2,10,13). The van der Waals surface area contributed by atoms with Crippen molar-refractivity contribution >= 4 is 5.91 Å². The van der Waals surface area contributed by atoms with Gasteiger partial charge in [-0.05, 0) is 24.1 Å². The van der Waals surface area contributed by atoms with E-state index < -0.39 is 0 Å². The summed E-state index contributed by atoms with van der Waals surface area (Å²) in [6.07, 6.45) is 2.54. The number of aryl methyl sites for hydroxylation is 1. The summed E-state index contributed by atoms with van der Waals surface area (Å²) >= 11 is 0. The Hall–Kier alpha value is -1.42. The molecule has 0 fully saturated rings. The molecule has 70 valence electrons. The van der Waals surface area contributed by atoms with E-state index in [-0.39, 0.29) is 12.5 Å². The molecule has 0 aliphatic carbocycles. The number of rotatable bonds is 4. The topological polar surface area (TPSA) is 76.2 Å². The maximum absolute atomic E-state index is 10.5. The van der Waals surface area contributed by atoms with Crippen LogP contribution in [0.25, 0.3) is 0 Å². The first-order valence-corrected chi connectivity index (χ1v) is 4.05. The van der Waals surface area contributed by atoms with Crippen LogP contribution in [0.3, 0.4) is 0 Å². The van der Waals surface area contributed by atoms with Crippen molar-refractivity contribution in [1.82, 2.24) is 4.98 Å². The predicted octanol–water partition coefficient (Wildman–Crippen LogP) is -0.00820. The van der Waals surface area contributed by atoms with Crippen LogP contribution in [-0.4, -0.2) is 16.0 Å². The molecule has 0 aliphatic heterocycles. The summed E-state index contributed by atoms with van der Waals surface area (Å²) < 4.78 is 0. The second-order valence-corrected chi connectivity index (χ2v) is 2.78. The molecule has 1 heterocycles. The molecular formula is C9H12N2O2. The van der Waals surface area contributed by atoms with Crippen molar-refractivity contribution in [2.24, 2.45) is 5.73 Å². The highest BCUT2D eigenvalue weighted by Crippen LogP contribution is 2.04. The molecule has 1 amide bonds. The van der Waals surface area contributed by atoms with Crippen molar-refractivity contribution in [2.45, 2.75) is 19.4 Å². The lowest BCUT2D eigenvalue weighted by molar-refractivity contribution is -0.117. The first-order valence-electron chi connectivity index (χ1n) is 4.05. The van der Waals surface area contributed by atoms with Gasteiger partial charge in [-0.2, -0.15) is 0 Å². The van der Waals surface area contributed by atoms with Crippen molar-refractivity contribution in [3.8, 4) is 0 Å². The third-order valence-corrected chi connectivity index (χ3v) is 1.70. The van der Waals surface area contributed by atoms with Crippen LogP contribution in [-0.2, 0) is 17.8 Å². The van der Waals surface area contributed by atoms with E-state index in [1.54, 1.807) is 12.3 Å². The van der Waals surface area contributed by atoms with Gasteiger partial charge in [0.1, 0.15) is 0 Å². The van der Waals surface area contributed by atoms with Crippen LogP contribution in [0, 0.1) is 0 Å². The number of carbonyl (C=O) groups excluding carboxylic acids is 1. The third-order valence-electron chi connectivity index (χ3n) is 1.70. The molecule has 1 aromatic heterocycles. The van der Waals surface area contributed by atoms with Crippen molar-refractivity contribution in [3.63, 3.8) is 0 Å². The monoisotopic (exact) mass is 180 g/mol. The molecule has 0 aliphatic rings.